The lowest BCUT2D eigenvalue weighted by atomic mass is 10.1. The molecule has 24 heavy (non-hydrogen) atoms. The molecule has 1 rings (SSSR count). The Bertz CT molecular complexity index is 659. The number of hydrogen-bond acceptors (Lipinski definition) is 4. The van der Waals surface area contributed by atoms with Crippen LogP contribution in [0.3, 0.4) is 0 Å². The van der Waals surface area contributed by atoms with Crippen molar-refractivity contribution in [1.29, 1.82) is 0 Å². The quantitative estimate of drug-likeness (QED) is 0.739. The van der Waals surface area contributed by atoms with E-state index in [-0.39, 0.29) is 29.2 Å². The zero-order valence-electron chi connectivity index (χ0n) is 13.1. The molecule has 0 bridgehead atoms. The molecule has 0 aliphatic heterocycles. The molecule has 2 N–H and O–H groups in total. The van der Waals surface area contributed by atoms with Crippen molar-refractivity contribution < 1.29 is 31.5 Å². The van der Waals surface area contributed by atoms with Crippen LogP contribution < -0.4 is 5.32 Å². The number of aliphatic hydroxyl groups is 1. The molecule has 0 radical (unpaired) electrons. The lowest BCUT2D eigenvalue weighted by molar-refractivity contribution is -0.173. The first-order valence-electron chi connectivity index (χ1n) is 7.43. The molecule has 0 aliphatic rings. The highest BCUT2D eigenvalue weighted by Gasteiger charge is 2.38. The van der Waals surface area contributed by atoms with Crippen molar-refractivity contribution in [3.63, 3.8) is 0 Å². The van der Waals surface area contributed by atoms with E-state index in [4.69, 9.17) is 0 Å². The SMILES string of the molecule is CCCCS(=O)(=O)c1cccc(C(O)CCNC(=O)C(F)(F)F)c1. The number of alkyl halides is 3. The summed E-state index contributed by atoms with van der Waals surface area (Å²) in [6, 6.07) is 5.66. The molecule has 0 saturated heterocycles. The molecule has 0 aromatic heterocycles. The standard InChI is InChI=1S/C15H20F3NO4S/c1-2-3-9-24(22,23)12-6-4-5-11(10-12)13(20)7-8-19-14(21)15(16,17)18/h4-6,10,13,20H,2-3,7-9H2,1H3,(H,19,21). The monoisotopic (exact) mass is 367 g/mol. The van der Waals surface area contributed by atoms with Crippen molar-refractivity contribution in [1.82, 2.24) is 5.32 Å². The number of rotatable bonds is 8. The normalized spacial score (nSPS) is 13.5. The highest BCUT2D eigenvalue weighted by atomic mass is 32.2. The third-order valence-corrected chi connectivity index (χ3v) is 5.13. The van der Waals surface area contributed by atoms with E-state index in [0.717, 1.165) is 6.42 Å². The van der Waals surface area contributed by atoms with Crippen LogP contribution in [0.5, 0.6) is 0 Å². The van der Waals surface area contributed by atoms with Crippen LogP contribution in [0.25, 0.3) is 0 Å². The number of benzene rings is 1. The van der Waals surface area contributed by atoms with Crippen molar-refractivity contribution in [2.45, 2.75) is 43.4 Å². The Balaban J connectivity index is 2.71. The molecule has 5 nitrogen and oxygen atoms in total. The van der Waals surface area contributed by atoms with Crippen LogP contribution >= 0.6 is 0 Å². The third-order valence-electron chi connectivity index (χ3n) is 3.33. The summed E-state index contributed by atoms with van der Waals surface area (Å²) in [5, 5.41) is 11.6. The molecule has 1 atom stereocenters. The summed E-state index contributed by atoms with van der Waals surface area (Å²) in [4.78, 5) is 10.7. The fourth-order valence-corrected chi connectivity index (χ4v) is 3.46. The van der Waals surface area contributed by atoms with Crippen molar-refractivity contribution in [3.05, 3.63) is 29.8 Å². The molecule has 9 heteroatoms. The molecule has 1 aromatic rings. The molecular weight excluding hydrogens is 347 g/mol. The van der Waals surface area contributed by atoms with E-state index >= 15 is 0 Å². The number of unbranched alkanes of at least 4 members (excludes halogenated alkanes) is 1. The van der Waals surface area contributed by atoms with Gasteiger partial charge in [-0.15, -0.1) is 0 Å². The summed E-state index contributed by atoms with van der Waals surface area (Å²) in [6.07, 6.45) is -5.09. The number of carbonyl (C=O) groups is 1. The highest BCUT2D eigenvalue weighted by Crippen LogP contribution is 2.21. The maximum Gasteiger partial charge on any atom is 0.471 e. The van der Waals surface area contributed by atoms with E-state index in [2.05, 4.69) is 0 Å². The average Bonchev–Trinajstić information content (AvgIpc) is 2.52. The number of aliphatic hydroxyl groups excluding tert-OH is 1. The number of amides is 1. The van der Waals surface area contributed by atoms with Gasteiger partial charge >= 0.3 is 12.1 Å². The van der Waals surface area contributed by atoms with Crippen molar-refractivity contribution in [2.75, 3.05) is 12.3 Å². The predicted molar refractivity (Wildman–Crippen MR) is 82.0 cm³/mol. The molecule has 1 amide bonds. The number of hydrogen-bond donors (Lipinski definition) is 2. The van der Waals surface area contributed by atoms with E-state index in [1.807, 2.05) is 6.92 Å². The second-order valence-electron chi connectivity index (χ2n) is 5.30. The second kappa shape index (κ2) is 8.48. The summed E-state index contributed by atoms with van der Waals surface area (Å²) in [5.74, 6) is -2.09. The van der Waals surface area contributed by atoms with Crippen LogP contribution in [0, 0.1) is 0 Å². The van der Waals surface area contributed by atoms with Gasteiger partial charge in [-0.1, -0.05) is 25.5 Å². The lowest BCUT2D eigenvalue weighted by Gasteiger charge is -2.14. The molecule has 136 valence electrons. The number of nitrogens with one attached hydrogen (secondary N) is 1. The fourth-order valence-electron chi connectivity index (χ4n) is 1.96. The Morgan fingerprint density at radius 3 is 2.58 bits per heavy atom. The van der Waals surface area contributed by atoms with Gasteiger partial charge in [-0.3, -0.25) is 4.79 Å². The minimum absolute atomic E-state index is 0.00924. The average molecular weight is 367 g/mol. The minimum atomic E-state index is -4.97. The van der Waals surface area contributed by atoms with Gasteiger partial charge in [0.15, 0.2) is 9.84 Å². The van der Waals surface area contributed by atoms with Crippen molar-refractivity contribution in [3.8, 4) is 0 Å². The second-order valence-corrected chi connectivity index (χ2v) is 7.41. The van der Waals surface area contributed by atoms with E-state index in [0.29, 0.717) is 6.42 Å². The summed E-state index contributed by atoms with van der Waals surface area (Å²) in [7, 11) is -3.46. The molecule has 1 unspecified atom stereocenters. The van der Waals surface area contributed by atoms with E-state index in [1.165, 1.54) is 24.3 Å². The maximum absolute atomic E-state index is 12.1. The van der Waals surface area contributed by atoms with Crippen LogP contribution in [0.1, 0.15) is 37.9 Å². The number of carbonyl (C=O) groups excluding carboxylic acids is 1. The predicted octanol–water partition coefficient (Wildman–Crippen LogP) is 2.36. The van der Waals surface area contributed by atoms with Gasteiger partial charge in [-0.05, 0) is 30.5 Å². The first-order valence-corrected chi connectivity index (χ1v) is 9.09. The molecule has 0 heterocycles. The van der Waals surface area contributed by atoms with Crippen LogP contribution in [0.4, 0.5) is 13.2 Å². The van der Waals surface area contributed by atoms with E-state index in [9.17, 15) is 31.5 Å². The first-order chi connectivity index (χ1) is 11.1. The van der Waals surface area contributed by atoms with Crippen molar-refractivity contribution in [2.24, 2.45) is 0 Å². The molecule has 1 aromatic carbocycles. The van der Waals surface area contributed by atoms with Gasteiger partial charge in [0, 0.05) is 6.54 Å². The summed E-state index contributed by atoms with van der Waals surface area (Å²) in [5.41, 5.74) is 0.272. The van der Waals surface area contributed by atoms with Crippen LogP contribution in [-0.4, -0.2) is 37.9 Å². The molecule has 0 aliphatic carbocycles. The number of halogens is 3. The fraction of sp³-hybridized carbons (Fsp3) is 0.533. The Morgan fingerprint density at radius 2 is 2.00 bits per heavy atom. The Morgan fingerprint density at radius 1 is 1.33 bits per heavy atom. The van der Waals surface area contributed by atoms with Crippen molar-refractivity contribution >= 4 is 15.7 Å². The highest BCUT2D eigenvalue weighted by molar-refractivity contribution is 7.91. The third kappa shape index (κ3) is 6.12. The molecule has 0 fully saturated rings. The summed E-state index contributed by atoms with van der Waals surface area (Å²) in [6.45, 7) is 1.48. The minimum Gasteiger partial charge on any atom is -0.388 e. The van der Waals surface area contributed by atoms with Gasteiger partial charge in [0.05, 0.1) is 16.8 Å². The maximum atomic E-state index is 12.1. The Hall–Kier alpha value is -1.61. The van der Waals surface area contributed by atoms with Gasteiger partial charge in [-0.25, -0.2) is 8.42 Å². The van der Waals surface area contributed by atoms with Crippen LogP contribution in [0.15, 0.2) is 29.2 Å². The Kier molecular flexibility index (Phi) is 7.22. The van der Waals surface area contributed by atoms with Gasteiger partial charge in [0.25, 0.3) is 0 Å². The molecule has 0 saturated carbocycles. The first kappa shape index (κ1) is 20.4. The topological polar surface area (TPSA) is 83.5 Å². The van der Waals surface area contributed by atoms with Crippen LogP contribution in [-0.2, 0) is 14.6 Å². The van der Waals surface area contributed by atoms with E-state index < -0.39 is 28.0 Å². The zero-order valence-corrected chi connectivity index (χ0v) is 14.0. The van der Waals surface area contributed by atoms with Gasteiger partial charge in [0.1, 0.15) is 0 Å². The smallest absolute Gasteiger partial charge is 0.388 e. The molecular formula is C15H20F3NO4S. The van der Waals surface area contributed by atoms with Gasteiger partial charge < -0.3 is 10.4 Å². The Labute approximate surface area is 138 Å². The zero-order chi connectivity index (χ0) is 18.4. The summed E-state index contributed by atoms with van der Waals surface area (Å²) < 4.78 is 60.4. The lowest BCUT2D eigenvalue weighted by Crippen LogP contribution is -2.37. The van der Waals surface area contributed by atoms with Gasteiger partial charge in [0.2, 0.25) is 0 Å². The molecule has 0 spiro atoms. The summed E-state index contributed by atoms with van der Waals surface area (Å²) >= 11 is 0. The van der Waals surface area contributed by atoms with Crippen LogP contribution in [0.2, 0.25) is 0 Å². The largest absolute Gasteiger partial charge is 0.471 e. The van der Waals surface area contributed by atoms with E-state index in [1.54, 1.807) is 5.32 Å². The van der Waals surface area contributed by atoms with Gasteiger partial charge in [-0.2, -0.15) is 13.2 Å². The number of sulfone groups is 1.